The van der Waals surface area contributed by atoms with E-state index in [9.17, 15) is 10.1 Å². The lowest BCUT2D eigenvalue weighted by Crippen LogP contribution is -2.33. The first kappa shape index (κ1) is 15.0. The Morgan fingerprint density at radius 1 is 1.44 bits per heavy atom. The first-order chi connectivity index (χ1) is 7.52. The monoisotopic (exact) mass is 225 g/mol. The summed E-state index contributed by atoms with van der Waals surface area (Å²) in [6, 6.07) is 2.19. The average molecular weight is 225 g/mol. The summed E-state index contributed by atoms with van der Waals surface area (Å²) < 4.78 is 5.03. The van der Waals surface area contributed by atoms with Crippen LogP contribution < -0.4 is 0 Å². The van der Waals surface area contributed by atoms with Crippen LogP contribution in [-0.2, 0) is 9.53 Å². The Balaban J connectivity index is 4.81. The maximum absolute atomic E-state index is 11.9. The highest BCUT2D eigenvalue weighted by Crippen LogP contribution is 2.33. The summed E-state index contributed by atoms with van der Waals surface area (Å²) in [7, 11) is 0. The normalized spacial score (nSPS) is 14.2. The van der Waals surface area contributed by atoms with E-state index in [1.54, 1.807) is 6.92 Å². The number of unbranched alkanes of at least 4 members (excludes halogenated alkanes) is 1. The second-order valence-electron chi connectivity index (χ2n) is 4.62. The zero-order valence-corrected chi connectivity index (χ0v) is 10.9. The number of hydrogen-bond donors (Lipinski definition) is 0. The van der Waals surface area contributed by atoms with Crippen LogP contribution in [0.3, 0.4) is 0 Å². The fourth-order valence-electron chi connectivity index (χ4n) is 1.88. The quantitative estimate of drug-likeness (QED) is 0.625. The van der Waals surface area contributed by atoms with Gasteiger partial charge in [-0.1, -0.05) is 33.6 Å². The molecule has 1 unspecified atom stereocenters. The lowest BCUT2D eigenvalue weighted by Gasteiger charge is -2.25. The van der Waals surface area contributed by atoms with E-state index in [1.807, 2.05) is 13.8 Å². The van der Waals surface area contributed by atoms with Crippen molar-refractivity contribution in [3.8, 4) is 6.07 Å². The molecule has 0 aromatic carbocycles. The minimum Gasteiger partial charge on any atom is -0.465 e. The fourth-order valence-corrected chi connectivity index (χ4v) is 1.88. The SMILES string of the molecule is CCCCC(C#N)(CC(C)C)C(=O)OCC. The molecule has 0 saturated carbocycles. The van der Waals surface area contributed by atoms with E-state index in [4.69, 9.17) is 4.74 Å². The number of esters is 1. The minimum absolute atomic E-state index is 0.320. The Morgan fingerprint density at radius 2 is 2.06 bits per heavy atom. The highest BCUT2D eigenvalue weighted by molar-refractivity contribution is 5.80. The molecular weight excluding hydrogens is 202 g/mol. The lowest BCUT2D eigenvalue weighted by atomic mass is 9.77. The molecule has 0 radical (unpaired) electrons. The van der Waals surface area contributed by atoms with Crippen LogP contribution in [0.15, 0.2) is 0 Å². The molecule has 0 amide bonds. The van der Waals surface area contributed by atoms with E-state index in [0.29, 0.717) is 25.4 Å². The highest BCUT2D eigenvalue weighted by atomic mass is 16.5. The lowest BCUT2D eigenvalue weighted by molar-refractivity contribution is -0.153. The zero-order chi connectivity index (χ0) is 12.6. The molecule has 0 saturated heterocycles. The molecule has 0 fully saturated rings. The topological polar surface area (TPSA) is 50.1 Å². The van der Waals surface area contributed by atoms with Crippen molar-refractivity contribution in [2.45, 2.75) is 53.4 Å². The van der Waals surface area contributed by atoms with E-state index in [0.717, 1.165) is 12.8 Å². The summed E-state index contributed by atoms with van der Waals surface area (Å²) in [5.41, 5.74) is -0.930. The van der Waals surface area contributed by atoms with Gasteiger partial charge in [0.2, 0.25) is 0 Å². The summed E-state index contributed by atoms with van der Waals surface area (Å²) in [6.45, 7) is 8.22. The van der Waals surface area contributed by atoms with Gasteiger partial charge in [0.15, 0.2) is 5.41 Å². The van der Waals surface area contributed by atoms with Gasteiger partial charge in [-0.25, -0.2) is 0 Å². The summed E-state index contributed by atoms with van der Waals surface area (Å²) in [5, 5.41) is 9.30. The smallest absolute Gasteiger partial charge is 0.326 e. The van der Waals surface area contributed by atoms with Gasteiger partial charge in [-0.05, 0) is 25.7 Å². The highest BCUT2D eigenvalue weighted by Gasteiger charge is 2.40. The third-order valence-electron chi connectivity index (χ3n) is 2.59. The van der Waals surface area contributed by atoms with Gasteiger partial charge in [0.25, 0.3) is 0 Å². The Kier molecular flexibility index (Phi) is 6.80. The van der Waals surface area contributed by atoms with Gasteiger partial charge in [-0.15, -0.1) is 0 Å². The predicted octanol–water partition coefficient (Wildman–Crippen LogP) is 3.30. The molecule has 3 nitrogen and oxygen atoms in total. The number of carbonyl (C=O) groups is 1. The van der Waals surface area contributed by atoms with Crippen LogP contribution in [-0.4, -0.2) is 12.6 Å². The molecule has 0 aromatic rings. The van der Waals surface area contributed by atoms with Gasteiger partial charge < -0.3 is 4.74 Å². The number of hydrogen-bond acceptors (Lipinski definition) is 3. The van der Waals surface area contributed by atoms with Crippen LogP contribution in [0.4, 0.5) is 0 Å². The van der Waals surface area contributed by atoms with Crippen molar-refractivity contribution in [2.24, 2.45) is 11.3 Å². The van der Waals surface area contributed by atoms with Crippen LogP contribution in [0.2, 0.25) is 0 Å². The number of nitrogens with zero attached hydrogens (tertiary/aromatic N) is 1. The summed E-state index contributed by atoms with van der Waals surface area (Å²) in [5.74, 6) is -0.0273. The average Bonchev–Trinajstić information content (AvgIpc) is 2.24. The van der Waals surface area contributed by atoms with Crippen LogP contribution >= 0.6 is 0 Å². The molecule has 0 aromatic heterocycles. The van der Waals surface area contributed by atoms with Gasteiger partial charge in [-0.2, -0.15) is 5.26 Å². The van der Waals surface area contributed by atoms with E-state index < -0.39 is 5.41 Å². The number of nitriles is 1. The number of rotatable bonds is 7. The van der Waals surface area contributed by atoms with Gasteiger partial charge in [0.05, 0.1) is 12.7 Å². The minimum atomic E-state index is -0.930. The maximum Gasteiger partial charge on any atom is 0.326 e. The first-order valence-electron chi connectivity index (χ1n) is 6.10. The van der Waals surface area contributed by atoms with Crippen LogP contribution in [0.25, 0.3) is 0 Å². The van der Waals surface area contributed by atoms with E-state index in [-0.39, 0.29) is 5.97 Å². The van der Waals surface area contributed by atoms with Crippen molar-refractivity contribution < 1.29 is 9.53 Å². The van der Waals surface area contributed by atoms with Crippen molar-refractivity contribution >= 4 is 5.97 Å². The number of carbonyl (C=O) groups excluding carboxylic acids is 1. The number of ether oxygens (including phenoxy) is 1. The van der Waals surface area contributed by atoms with Gasteiger partial charge in [0.1, 0.15) is 0 Å². The van der Waals surface area contributed by atoms with E-state index >= 15 is 0 Å². The molecule has 0 spiro atoms. The van der Waals surface area contributed by atoms with Crippen LogP contribution in [0.5, 0.6) is 0 Å². The molecule has 0 aliphatic rings. The second kappa shape index (κ2) is 7.27. The summed E-state index contributed by atoms with van der Waals surface area (Å²) >= 11 is 0. The Hall–Kier alpha value is -1.04. The van der Waals surface area contributed by atoms with Crippen molar-refractivity contribution in [2.75, 3.05) is 6.61 Å². The Morgan fingerprint density at radius 3 is 2.44 bits per heavy atom. The molecule has 0 aliphatic carbocycles. The maximum atomic E-state index is 11.9. The van der Waals surface area contributed by atoms with Crippen molar-refractivity contribution in [1.82, 2.24) is 0 Å². The second-order valence-corrected chi connectivity index (χ2v) is 4.62. The molecular formula is C13H23NO2. The van der Waals surface area contributed by atoms with Crippen LogP contribution in [0, 0.1) is 22.7 Å². The third-order valence-corrected chi connectivity index (χ3v) is 2.59. The molecule has 3 heteroatoms. The van der Waals surface area contributed by atoms with Gasteiger partial charge in [0, 0.05) is 0 Å². The van der Waals surface area contributed by atoms with Crippen molar-refractivity contribution in [3.63, 3.8) is 0 Å². The van der Waals surface area contributed by atoms with E-state index in [1.165, 1.54) is 0 Å². The van der Waals surface area contributed by atoms with Gasteiger partial charge in [-0.3, -0.25) is 4.79 Å². The first-order valence-corrected chi connectivity index (χ1v) is 6.10. The van der Waals surface area contributed by atoms with E-state index in [2.05, 4.69) is 13.0 Å². The fraction of sp³-hybridized carbons (Fsp3) is 0.846. The Bertz CT molecular complexity index is 255. The molecule has 0 aliphatic heterocycles. The van der Waals surface area contributed by atoms with Gasteiger partial charge >= 0.3 is 5.97 Å². The molecule has 0 N–H and O–H groups in total. The summed E-state index contributed by atoms with van der Waals surface area (Å²) in [4.78, 5) is 11.9. The van der Waals surface area contributed by atoms with Crippen molar-refractivity contribution in [3.05, 3.63) is 0 Å². The largest absolute Gasteiger partial charge is 0.465 e. The Labute approximate surface area is 98.8 Å². The molecule has 0 bridgehead atoms. The standard InChI is InChI=1S/C13H23NO2/c1-5-7-8-13(10-14,9-11(3)4)12(15)16-6-2/h11H,5-9H2,1-4H3. The van der Waals surface area contributed by atoms with Crippen LogP contribution in [0.1, 0.15) is 53.4 Å². The molecule has 0 heterocycles. The molecule has 1 atom stereocenters. The molecule has 92 valence electrons. The molecule has 0 rings (SSSR count). The zero-order valence-electron chi connectivity index (χ0n) is 10.9. The van der Waals surface area contributed by atoms with Crippen molar-refractivity contribution in [1.29, 1.82) is 5.26 Å². The molecule has 16 heavy (non-hydrogen) atoms. The third kappa shape index (κ3) is 4.22. The summed E-state index contributed by atoms with van der Waals surface area (Å²) in [6.07, 6.45) is 3.07. The predicted molar refractivity (Wildman–Crippen MR) is 63.7 cm³/mol.